The Morgan fingerprint density at radius 1 is 1.33 bits per heavy atom. The van der Waals surface area contributed by atoms with Gasteiger partial charge in [-0.2, -0.15) is 0 Å². The molecule has 1 heterocycles. The lowest BCUT2D eigenvalue weighted by Gasteiger charge is -2.05. The van der Waals surface area contributed by atoms with Crippen molar-refractivity contribution >= 4 is 5.82 Å². The van der Waals surface area contributed by atoms with Crippen LogP contribution in [0.1, 0.15) is 36.6 Å². The maximum Gasteiger partial charge on any atom is 0.263 e. The molecule has 2 N–H and O–H groups in total. The molecule has 108 valence electrons. The molecule has 21 heavy (non-hydrogen) atoms. The highest BCUT2D eigenvalue weighted by atomic mass is 19.3. The molecule has 1 aromatic carbocycles. The van der Waals surface area contributed by atoms with E-state index in [1.165, 1.54) is 12.1 Å². The van der Waals surface area contributed by atoms with Gasteiger partial charge in [0.05, 0.1) is 6.54 Å². The van der Waals surface area contributed by atoms with Crippen molar-refractivity contribution < 1.29 is 8.78 Å². The summed E-state index contributed by atoms with van der Waals surface area (Å²) in [4.78, 5) is 4.59. The summed E-state index contributed by atoms with van der Waals surface area (Å²) in [6, 6.07) is 6.04. The van der Waals surface area contributed by atoms with Crippen molar-refractivity contribution in [3.05, 3.63) is 35.7 Å². The van der Waals surface area contributed by atoms with Crippen molar-refractivity contribution in [3.63, 3.8) is 0 Å². The summed E-state index contributed by atoms with van der Waals surface area (Å²) < 4.78 is 27.0. The van der Waals surface area contributed by atoms with Crippen LogP contribution in [0.5, 0.6) is 0 Å². The van der Waals surface area contributed by atoms with Crippen LogP contribution in [0.4, 0.5) is 14.6 Å². The average Bonchev–Trinajstić information content (AvgIpc) is 3.26. The molecule has 5 heteroatoms. The monoisotopic (exact) mass is 287 g/mol. The Morgan fingerprint density at radius 2 is 2.00 bits per heavy atom. The molecule has 0 aliphatic heterocycles. The number of anilines is 1. The predicted octanol–water partition coefficient (Wildman–Crippen LogP) is 3.58. The summed E-state index contributed by atoms with van der Waals surface area (Å²) in [6.45, 7) is 0.375. The lowest BCUT2D eigenvalue weighted by molar-refractivity contribution is 0.151. The van der Waals surface area contributed by atoms with E-state index in [0.29, 0.717) is 24.0 Å². The van der Waals surface area contributed by atoms with E-state index in [1.54, 1.807) is 12.1 Å². The third-order valence-electron chi connectivity index (χ3n) is 3.66. The Kier molecular flexibility index (Phi) is 3.38. The molecule has 2 aromatic rings. The fraction of sp³-hybridized carbons (Fsp3) is 0.312. The molecule has 0 amide bonds. The fourth-order valence-corrected chi connectivity index (χ4v) is 2.39. The number of imidazole rings is 1. The quantitative estimate of drug-likeness (QED) is 0.873. The molecular weight excluding hydrogens is 272 g/mol. The minimum atomic E-state index is -2.47. The van der Waals surface area contributed by atoms with Crippen LogP contribution in [-0.2, 0) is 6.54 Å². The topological polar surface area (TPSA) is 43.8 Å². The number of alkyl halides is 2. The predicted molar refractivity (Wildman–Crippen MR) is 77.8 cm³/mol. The Balaban J connectivity index is 2.02. The van der Waals surface area contributed by atoms with Crippen LogP contribution in [0.2, 0.25) is 0 Å². The highest BCUT2D eigenvalue weighted by Crippen LogP contribution is 2.42. The van der Waals surface area contributed by atoms with Crippen molar-refractivity contribution in [2.24, 2.45) is 0 Å². The van der Waals surface area contributed by atoms with E-state index in [1.807, 2.05) is 4.57 Å². The van der Waals surface area contributed by atoms with Crippen LogP contribution in [0.25, 0.3) is 11.3 Å². The van der Waals surface area contributed by atoms with Gasteiger partial charge < -0.3 is 10.3 Å². The molecule has 0 spiro atoms. The van der Waals surface area contributed by atoms with Crippen LogP contribution >= 0.6 is 0 Å². The van der Waals surface area contributed by atoms with Gasteiger partial charge in [0.15, 0.2) is 0 Å². The molecule has 0 unspecified atom stereocenters. The van der Waals surface area contributed by atoms with Crippen molar-refractivity contribution in [2.75, 3.05) is 5.73 Å². The minimum Gasteiger partial charge on any atom is -0.383 e. The van der Waals surface area contributed by atoms with Crippen molar-refractivity contribution in [3.8, 4) is 23.6 Å². The molecule has 0 bridgehead atoms. The second-order valence-corrected chi connectivity index (χ2v) is 5.19. The minimum absolute atomic E-state index is 0.0113. The molecule has 1 fully saturated rings. The zero-order valence-corrected chi connectivity index (χ0v) is 11.4. The van der Waals surface area contributed by atoms with Gasteiger partial charge >= 0.3 is 0 Å². The van der Waals surface area contributed by atoms with Gasteiger partial charge in [-0.1, -0.05) is 30.2 Å². The molecule has 1 saturated carbocycles. The van der Waals surface area contributed by atoms with Gasteiger partial charge in [0.1, 0.15) is 17.3 Å². The van der Waals surface area contributed by atoms with Gasteiger partial charge in [-0.3, -0.25) is 0 Å². The van der Waals surface area contributed by atoms with E-state index in [-0.39, 0.29) is 5.56 Å². The summed E-state index contributed by atoms with van der Waals surface area (Å²) in [6.07, 6.45) is 5.08. The summed E-state index contributed by atoms with van der Waals surface area (Å²) in [5, 5.41) is 0. The van der Waals surface area contributed by atoms with E-state index in [0.717, 1.165) is 24.2 Å². The number of benzene rings is 1. The normalized spacial score (nSPS) is 14.4. The van der Waals surface area contributed by atoms with E-state index in [9.17, 15) is 8.78 Å². The number of nitrogens with zero attached hydrogens (tertiary/aromatic N) is 2. The number of hydrogen-bond acceptors (Lipinski definition) is 2. The summed E-state index contributed by atoms with van der Waals surface area (Å²) >= 11 is 0. The van der Waals surface area contributed by atoms with E-state index in [2.05, 4.69) is 10.9 Å². The zero-order chi connectivity index (χ0) is 15.0. The SMILES string of the molecule is C#CCn1c(C2CC2)nc(-c2ccc(C(F)F)cc2)c1N. The molecule has 0 atom stereocenters. The van der Waals surface area contributed by atoms with Crippen LogP contribution < -0.4 is 5.73 Å². The first-order chi connectivity index (χ1) is 10.1. The largest absolute Gasteiger partial charge is 0.383 e. The number of halogens is 2. The van der Waals surface area contributed by atoms with E-state index in [4.69, 9.17) is 12.2 Å². The zero-order valence-electron chi connectivity index (χ0n) is 11.4. The first-order valence-corrected chi connectivity index (χ1v) is 6.79. The number of terminal acetylenes is 1. The van der Waals surface area contributed by atoms with Gasteiger partial charge in [-0.25, -0.2) is 13.8 Å². The smallest absolute Gasteiger partial charge is 0.263 e. The molecule has 1 aliphatic carbocycles. The van der Waals surface area contributed by atoms with Gasteiger partial charge in [-0.05, 0) is 12.8 Å². The van der Waals surface area contributed by atoms with Crippen LogP contribution in [0, 0.1) is 12.3 Å². The van der Waals surface area contributed by atoms with Gasteiger partial charge in [-0.15, -0.1) is 6.42 Å². The van der Waals surface area contributed by atoms with Crippen molar-refractivity contribution in [2.45, 2.75) is 31.7 Å². The highest BCUT2D eigenvalue weighted by Gasteiger charge is 2.30. The number of hydrogen-bond donors (Lipinski definition) is 1. The Bertz CT molecular complexity index is 692. The Labute approximate surface area is 121 Å². The van der Waals surface area contributed by atoms with Gasteiger partial charge in [0.25, 0.3) is 6.43 Å². The molecular formula is C16H15F2N3. The Hall–Kier alpha value is -2.35. The van der Waals surface area contributed by atoms with Crippen molar-refractivity contribution in [1.29, 1.82) is 0 Å². The van der Waals surface area contributed by atoms with Gasteiger partial charge in [0.2, 0.25) is 0 Å². The first kappa shape index (κ1) is 13.6. The lowest BCUT2D eigenvalue weighted by Crippen LogP contribution is -2.05. The number of nitrogens with two attached hydrogens (primary N) is 1. The standard InChI is InChI=1S/C16H15F2N3/c1-2-9-21-15(19)13(20-16(21)12-7-8-12)10-3-5-11(6-4-10)14(17)18/h1,3-6,12,14H,7-9,19H2. The summed E-state index contributed by atoms with van der Waals surface area (Å²) in [5.74, 6) is 4.39. The molecule has 3 nitrogen and oxygen atoms in total. The fourth-order valence-electron chi connectivity index (χ4n) is 2.39. The maximum absolute atomic E-state index is 12.6. The van der Waals surface area contributed by atoms with Crippen molar-refractivity contribution in [1.82, 2.24) is 9.55 Å². The second-order valence-electron chi connectivity index (χ2n) is 5.19. The van der Waals surface area contributed by atoms with Gasteiger partial charge in [0, 0.05) is 17.0 Å². The number of nitrogen functional groups attached to an aromatic ring is 1. The Morgan fingerprint density at radius 3 is 2.52 bits per heavy atom. The highest BCUT2D eigenvalue weighted by molar-refractivity contribution is 5.71. The maximum atomic E-state index is 12.6. The molecule has 0 saturated heterocycles. The molecule has 1 aliphatic rings. The summed E-state index contributed by atoms with van der Waals surface area (Å²) in [5.41, 5.74) is 7.48. The molecule has 0 radical (unpaired) electrons. The third-order valence-corrected chi connectivity index (χ3v) is 3.66. The second kappa shape index (κ2) is 5.21. The van der Waals surface area contributed by atoms with E-state index >= 15 is 0 Å². The third kappa shape index (κ3) is 2.49. The number of aromatic nitrogens is 2. The van der Waals surface area contributed by atoms with Crippen LogP contribution in [0.15, 0.2) is 24.3 Å². The molecule has 1 aromatic heterocycles. The van der Waals surface area contributed by atoms with Crippen LogP contribution in [-0.4, -0.2) is 9.55 Å². The average molecular weight is 287 g/mol. The first-order valence-electron chi connectivity index (χ1n) is 6.79. The van der Waals surface area contributed by atoms with Crippen LogP contribution in [0.3, 0.4) is 0 Å². The lowest BCUT2D eigenvalue weighted by atomic mass is 10.1. The van der Waals surface area contributed by atoms with E-state index < -0.39 is 6.43 Å². The molecule has 3 rings (SSSR count). The summed E-state index contributed by atoms with van der Waals surface area (Å²) in [7, 11) is 0. The number of rotatable bonds is 4.